The lowest BCUT2D eigenvalue weighted by molar-refractivity contribution is -0.286. The molecule has 116 valence electrons. The van der Waals surface area contributed by atoms with Crippen molar-refractivity contribution in [3.8, 4) is 11.5 Å². The fourth-order valence-corrected chi connectivity index (χ4v) is 3.78. The minimum atomic E-state index is -3.61. The standard InChI is InChI=1S/C16H15F2NO3/c1-19-7-6-15(5-4-11(20)9-14(15)19)10-2-3-12-13(8-10)22-16(17,18)21-12/h2-5,8,14H,6-7,9H2,1H3/t14?,15-/m0/s1. The zero-order valence-electron chi connectivity index (χ0n) is 12.0. The van der Waals surface area contributed by atoms with Crippen molar-refractivity contribution in [3.05, 3.63) is 35.9 Å². The molecule has 3 aliphatic rings. The van der Waals surface area contributed by atoms with Gasteiger partial charge in [-0.05, 0) is 43.8 Å². The molecule has 0 amide bonds. The van der Waals surface area contributed by atoms with Crippen molar-refractivity contribution in [2.45, 2.75) is 30.6 Å². The molecular weight excluding hydrogens is 292 g/mol. The summed E-state index contributed by atoms with van der Waals surface area (Å²) >= 11 is 0. The second-order valence-electron chi connectivity index (χ2n) is 6.12. The van der Waals surface area contributed by atoms with E-state index < -0.39 is 6.29 Å². The number of rotatable bonds is 1. The van der Waals surface area contributed by atoms with E-state index in [1.54, 1.807) is 18.2 Å². The third-order valence-electron chi connectivity index (χ3n) is 4.90. The summed E-state index contributed by atoms with van der Waals surface area (Å²) in [5.74, 6) is 0.195. The molecule has 1 aliphatic carbocycles. The first-order valence-electron chi connectivity index (χ1n) is 7.22. The molecule has 1 fully saturated rings. The molecule has 1 aromatic rings. The maximum atomic E-state index is 13.2. The van der Waals surface area contributed by atoms with Gasteiger partial charge in [0.15, 0.2) is 17.3 Å². The third-order valence-corrected chi connectivity index (χ3v) is 4.90. The highest BCUT2D eigenvalue weighted by atomic mass is 19.3. The summed E-state index contributed by atoms with van der Waals surface area (Å²) in [6.45, 7) is 0.854. The van der Waals surface area contributed by atoms with Crippen LogP contribution in [0.15, 0.2) is 30.4 Å². The van der Waals surface area contributed by atoms with Gasteiger partial charge in [-0.3, -0.25) is 4.79 Å². The van der Waals surface area contributed by atoms with Gasteiger partial charge in [0.2, 0.25) is 0 Å². The lowest BCUT2D eigenvalue weighted by Crippen LogP contribution is -2.43. The molecule has 2 aliphatic heterocycles. The number of halogens is 2. The minimum absolute atomic E-state index is 0.0453. The Kier molecular flexibility index (Phi) is 2.67. The maximum absolute atomic E-state index is 13.2. The van der Waals surface area contributed by atoms with Gasteiger partial charge in [-0.25, -0.2) is 0 Å². The predicted octanol–water partition coefficient (Wildman–Crippen LogP) is 2.48. The SMILES string of the molecule is CN1CC[C@]2(c3ccc4c(c3)OC(F)(F)O4)C=CC(=O)CC12. The van der Waals surface area contributed by atoms with Gasteiger partial charge in [0.1, 0.15) is 0 Å². The summed E-state index contributed by atoms with van der Waals surface area (Å²) in [4.78, 5) is 13.9. The van der Waals surface area contributed by atoms with Crippen molar-refractivity contribution < 1.29 is 23.0 Å². The Balaban J connectivity index is 1.79. The van der Waals surface area contributed by atoms with E-state index >= 15 is 0 Å². The summed E-state index contributed by atoms with van der Waals surface area (Å²) in [6, 6.07) is 4.96. The van der Waals surface area contributed by atoms with E-state index in [2.05, 4.69) is 14.4 Å². The number of nitrogens with zero attached hydrogens (tertiary/aromatic N) is 1. The van der Waals surface area contributed by atoms with E-state index in [-0.39, 0.29) is 28.7 Å². The minimum Gasteiger partial charge on any atom is -0.395 e. The number of ether oxygens (including phenoxy) is 2. The molecule has 1 unspecified atom stereocenters. The van der Waals surface area contributed by atoms with Crippen LogP contribution in [0, 0.1) is 0 Å². The number of hydrogen-bond donors (Lipinski definition) is 0. The van der Waals surface area contributed by atoms with Crippen LogP contribution in [-0.2, 0) is 10.2 Å². The number of likely N-dealkylation sites (tertiary alicyclic amines) is 1. The Labute approximate surface area is 126 Å². The van der Waals surface area contributed by atoms with E-state index in [9.17, 15) is 13.6 Å². The first-order valence-corrected chi connectivity index (χ1v) is 7.22. The van der Waals surface area contributed by atoms with Crippen LogP contribution in [0.2, 0.25) is 0 Å². The molecule has 0 bridgehead atoms. The zero-order valence-corrected chi connectivity index (χ0v) is 12.0. The van der Waals surface area contributed by atoms with Crippen molar-refractivity contribution in [2.75, 3.05) is 13.6 Å². The molecule has 4 rings (SSSR count). The second-order valence-corrected chi connectivity index (χ2v) is 6.12. The number of hydrogen-bond acceptors (Lipinski definition) is 4. The highest BCUT2D eigenvalue weighted by molar-refractivity contribution is 5.92. The second kappa shape index (κ2) is 4.29. The quantitative estimate of drug-likeness (QED) is 0.799. The van der Waals surface area contributed by atoms with Gasteiger partial charge in [-0.1, -0.05) is 12.1 Å². The van der Waals surface area contributed by atoms with E-state index in [1.165, 1.54) is 6.07 Å². The van der Waals surface area contributed by atoms with Crippen LogP contribution in [0.5, 0.6) is 11.5 Å². The molecule has 0 saturated carbocycles. The number of benzene rings is 1. The van der Waals surface area contributed by atoms with Crippen LogP contribution in [0.4, 0.5) is 8.78 Å². The maximum Gasteiger partial charge on any atom is 0.586 e. The highest BCUT2D eigenvalue weighted by Crippen LogP contribution is 2.48. The predicted molar refractivity (Wildman–Crippen MR) is 74.1 cm³/mol. The number of alkyl halides is 2. The number of carbonyl (C=O) groups is 1. The molecule has 1 aromatic carbocycles. The van der Waals surface area contributed by atoms with E-state index in [4.69, 9.17) is 0 Å². The summed E-state index contributed by atoms with van der Waals surface area (Å²) in [6.07, 6.45) is 1.20. The molecule has 0 N–H and O–H groups in total. The molecular formula is C16H15F2NO3. The number of fused-ring (bicyclic) bond motifs is 2. The molecule has 4 nitrogen and oxygen atoms in total. The van der Waals surface area contributed by atoms with Gasteiger partial charge in [0, 0.05) is 17.9 Å². The Hall–Kier alpha value is -1.95. The molecule has 1 saturated heterocycles. The van der Waals surface area contributed by atoms with Gasteiger partial charge < -0.3 is 14.4 Å². The van der Waals surface area contributed by atoms with Crippen LogP contribution in [-0.4, -0.2) is 36.6 Å². The lowest BCUT2D eigenvalue weighted by Gasteiger charge is -2.37. The summed E-state index contributed by atoms with van der Waals surface area (Å²) in [5, 5.41) is 0. The first-order chi connectivity index (χ1) is 10.4. The van der Waals surface area contributed by atoms with Crippen LogP contribution < -0.4 is 9.47 Å². The van der Waals surface area contributed by atoms with Gasteiger partial charge in [-0.15, -0.1) is 8.78 Å². The lowest BCUT2D eigenvalue weighted by atomic mass is 9.69. The smallest absolute Gasteiger partial charge is 0.395 e. The first kappa shape index (κ1) is 13.7. The molecule has 22 heavy (non-hydrogen) atoms. The van der Waals surface area contributed by atoms with Crippen molar-refractivity contribution >= 4 is 5.78 Å². The van der Waals surface area contributed by atoms with Crippen molar-refractivity contribution in [3.63, 3.8) is 0 Å². The summed E-state index contributed by atoms with van der Waals surface area (Å²) < 4.78 is 35.4. The van der Waals surface area contributed by atoms with Gasteiger partial charge in [0.05, 0.1) is 0 Å². The van der Waals surface area contributed by atoms with Crippen LogP contribution >= 0.6 is 0 Å². The normalized spacial score (nSPS) is 32.3. The number of likely N-dealkylation sites (N-methyl/N-ethyl adjacent to an activating group) is 1. The molecule has 0 radical (unpaired) electrons. The number of ketones is 1. The Morgan fingerprint density at radius 1 is 1.27 bits per heavy atom. The fourth-order valence-electron chi connectivity index (χ4n) is 3.78. The molecule has 2 heterocycles. The average Bonchev–Trinajstić information content (AvgIpc) is 2.95. The third kappa shape index (κ3) is 1.86. The Morgan fingerprint density at radius 2 is 2.05 bits per heavy atom. The molecule has 6 heteroatoms. The summed E-state index contributed by atoms with van der Waals surface area (Å²) in [7, 11) is 1.99. The average molecular weight is 307 g/mol. The van der Waals surface area contributed by atoms with Gasteiger partial charge >= 0.3 is 6.29 Å². The summed E-state index contributed by atoms with van der Waals surface area (Å²) in [5.41, 5.74) is 0.546. The van der Waals surface area contributed by atoms with E-state index in [0.717, 1.165) is 18.5 Å². The molecule has 0 spiro atoms. The Morgan fingerprint density at radius 3 is 2.86 bits per heavy atom. The number of allylic oxidation sites excluding steroid dienone is 1. The van der Waals surface area contributed by atoms with E-state index in [0.29, 0.717) is 6.42 Å². The van der Waals surface area contributed by atoms with Crippen molar-refractivity contribution in [2.24, 2.45) is 0 Å². The molecule has 2 atom stereocenters. The van der Waals surface area contributed by atoms with Crippen molar-refractivity contribution in [1.29, 1.82) is 0 Å². The van der Waals surface area contributed by atoms with Gasteiger partial charge in [0.25, 0.3) is 0 Å². The topological polar surface area (TPSA) is 38.8 Å². The fraction of sp³-hybridized carbons (Fsp3) is 0.438. The monoisotopic (exact) mass is 307 g/mol. The number of carbonyl (C=O) groups excluding carboxylic acids is 1. The largest absolute Gasteiger partial charge is 0.586 e. The Bertz CT molecular complexity index is 688. The van der Waals surface area contributed by atoms with Crippen LogP contribution in [0.1, 0.15) is 18.4 Å². The van der Waals surface area contributed by atoms with Crippen molar-refractivity contribution in [1.82, 2.24) is 4.90 Å². The zero-order chi connectivity index (χ0) is 15.5. The highest BCUT2D eigenvalue weighted by Gasteiger charge is 2.49. The van der Waals surface area contributed by atoms with Gasteiger partial charge in [-0.2, -0.15) is 0 Å². The van der Waals surface area contributed by atoms with Crippen LogP contribution in [0.25, 0.3) is 0 Å². The van der Waals surface area contributed by atoms with E-state index in [1.807, 2.05) is 13.1 Å². The van der Waals surface area contributed by atoms with Crippen LogP contribution in [0.3, 0.4) is 0 Å². The molecule has 0 aromatic heterocycles.